The highest BCUT2D eigenvalue weighted by Gasteiger charge is 2.34. The lowest BCUT2D eigenvalue weighted by atomic mass is 9.91. The Bertz CT molecular complexity index is 176. The van der Waals surface area contributed by atoms with Gasteiger partial charge in [0.1, 0.15) is 0 Å². The Balaban J connectivity index is 2.61. The van der Waals surface area contributed by atoms with Crippen LogP contribution in [0, 0.1) is 0 Å². The molecule has 0 aromatic heterocycles. The summed E-state index contributed by atoms with van der Waals surface area (Å²) in [6.45, 7) is 5.80. The van der Waals surface area contributed by atoms with E-state index in [0.717, 1.165) is 19.3 Å². The topological polar surface area (TPSA) is 29.1 Å². The lowest BCUT2D eigenvalue weighted by Crippen LogP contribution is -2.40. The van der Waals surface area contributed by atoms with Crippen molar-refractivity contribution in [2.75, 3.05) is 0 Å². The van der Waals surface area contributed by atoms with Gasteiger partial charge in [-0.15, -0.1) is 6.58 Å². The van der Waals surface area contributed by atoms with E-state index in [-0.39, 0.29) is 11.4 Å². The molecule has 1 saturated heterocycles. The maximum absolute atomic E-state index is 10.9. The summed E-state index contributed by atoms with van der Waals surface area (Å²) in [5.41, 5.74) is 0.0405. The predicted octanol–water partition coefficient (Wildman–Crippen LogP) is 1.62. The Kier molecular flexibility index (Phi) is 2.32. The summed E-state index contributed by atoms with van der Waals surface area (Å²) in [6.07, 6.45) is 5.44. The summed E-state index contributed by atoms with van der Waals surface area (Å²) in [6, 6.07) is 0. The molecule has 0 unspecified atom stereocenters. The molecule has 0 spiro atoms. The van der Waals surface area contributed by atoms with Crippen LogP contribution in [-0.4, -0.2) is 11.4 Å². The first-order chi connectivity index (χ1) is 5.22. The molecule has 11 heavy (non-hydrogen) atoms. The summed E-state index contributed by atoms with van der Waals surface area (Å²) >= 11 is 0. The fraction of sp³-hybridized carbons (Fsp3) is 0.667. The zero-order chi connectivity index (χ0) is 8.32. The third kappa shape index (κ3) is 1.62. The van der Waals surface area contributed by atoms with Crippen LogP contribution in [0.4, 0.5) is 0 Å². The minimum atomic E-state index is 0.0405. The summed E-state index contributed by atoms with van der Waals surface area (Å²) in [5.74, 6) is 0.189. The largest absolute Gasteiger partial charge is 0.350 e. The fourth-order valence-electron chi connectivity index (χ4n) is 1.61. The van der Waals surface area contributed by atoms with Crippen molar-refractivity contribution in [2.45, 2.75) is 38.1 Å². The predicted molar refractivity (Wildman–Crippen MR) is 45.2 cm³/mol. The second kappa shape index (κ2) is 3.07. The minimum absolute atomic E-state index is 0.0405. The van der Waals surface area contributed by atoms with E-state index >= 15 is 0 Å². The molecule has 0 aliphatic carbocycles. The molecule has 0 bridgehead atoms. The van der Waals surface area contributed by atoms with Gasteiger partial charge in [0, 0.05) is 12.0 Å². The molecule has 2 nitrogen and oxygen atoms in total. The second-order valence-corrected chi connectivity index (χ2v) is 3.17. The molecule has 1 aliphatic rings. The van der Waals surface area contributed by atoms with Gasteiger partial charge in [0.25, 0.3) is 0 Å². The van der Waals surface area contributed by atoms with Crippen LogP contribution in [-0.2, 0) is 4.79 Å². The molecule has 0 aromatic rings. The van der Waals surface area contributed by atoms with E-state index in [1.165, 1.54) is 0 Å². The number of amides is 1. The van der Waals surface area contributed by atoms with Crippen LogP contribution in [0.2, 0.25) is 0 Å². The smallest absolute Gasteiger partial charge is 0.220 e. The Morgan fingerprint density at radius 3 is 2.91 bits per heavy atom. The third-order valence-electron chi connectivity index (χ3n) is 2.45. The van der Waals surface area contributed by atoms with Crippen molar-refractivity contribution in [3.63, 3.8) is 0 Å². The van der Waals surface area contributed by atoms with E-state index < -0.39 is 0 Å². The van der Waals surface area contributed by atoms with E-state index in [1.54, 1.807) is 0 Å². The fourth-order valence-corrected chi connectivity index (χ4v) is 1.61. The van der Waals surface area contributed by atoms with Crippen LogP contribution < -0.4 is 5.32 Å². The van der Waals surface area contributed by atoms with Gasteiger partial charge in [-0.25, -0.2) is 0 Å². The van der Waals surface area contributed by atoms with Gasteiger partial charge >= 0.3 is 0 Å². The van der Waals surface area contributed by atoms with Crippen LogP contribution in [0.3, 0.4) is 0 Å². The zero-order valence-corrected chi connectivity index (χ0v) is 7.02. The van der Waals surface area contributed by atoms with Gasteiger partial charge in [0.15, 0.2) is 0 Å². The van der Waals surface area contributed by atoms with Crippen LogP contribution in [0.5, 0.6) is 0 Å². The molecular weight excluding hydrogens is 138 g/mol. The first-order valence-corrected chi connectivity index (χ1v) is 4.14. The Morgan fingerprint density at radius 2 is 2.55 bits per heavy atom. The summed E-state index contributed by atoms with van der Waals surface area (Å²) in [7, 11) is 0. The van der Waals surface area contributed by atoms with Gasteiger partial charge in [0.2, 0.25) is 5.91 Å². The van der Waals surface area contributed by atoms with Crippen molar-refractivity contribution in [3.8, 4) is 0 Å². The van der Waals surface area contributed by atoms with Crippen LogP contribution in [0.15, 0.2) is 12.7 Å². The highest BCUT2D eigenvalue weighted by atomic mass is 16.2. The van der Waals surface area contributed by atoms with E-state index in [0.29, 0.717) is 6.42 Å². The van der Waals surface area contributed by atoms with E-state index in [2.05, 4.69) is 18.8 Å². The number of hydrogen-bond donors (Lipinski definition) is 1. The second-order valence-electron chi connectivity index (χ2n) is 3.17. The number of carbonyl (C=O) groups excluding carboxylic acids is 1. The maximum atomic E-state index is 10.9. The molecular formula is C9H15NO. The lowest BCUT2D eigenvalue weighted by molar-refractivity contribution is -0.119. The average molecular weight is 153 g/mol. The average Bonchev–Trinajstić information content (AvgIpc) is 2.34. The molecule has 1 rings (SSSR count). The van der Waals surface area contributed by atoms with Crippen LogP contribution in [0.1, 0.15) is 32.6 Å². The van der Waals surface area contributed by atoms with Crippen molar-refractivity contribution in [2.24, 2.45) is 0 Å². The van der Waals surface area contributed by atoms with E-state index in [9.17, 15) is 4.79 Å². The molecule has 0 aromatic carbocycles. The van der Waals surface area contributed by atoms with Gasteiger partial charge in [-0.05, 0) is 19.3 Å². The van der Waals surface area contributed by atoms with Gasteiger partial charge < -0.3 is 5.32 Å². The number of nitrogens with one attached hydrogen (secondary N) is 1. The molecule has 1 amide bonds. The van der Waals surface area contributed by atoms with Crippen molar-refractivity contribution in [1.82, 2.24) is 5.32 Å². The molecule has 1 N–H and O–H groups in total. The summed E-state index contributed by atoms with van der Waals surface area (Å²) < 4.78 is 0. The molecule has 0 radical (unpaired) electrons. The molecule has 2 heteroatoms. The number of carbonyl (C=O) groups is 1. The Morgan fingerprint density at radius 1 is 1.82 bits per heavy atom. The molecule has 0 saturated carbocycles. The monoisotopic (exact) mass is 153 g/mol. The van der Waals surface area contributed by atoms with Gasteiger partial charge in [-0.1, -0.05) is 13.0 Å². The SMILES string of the molecule is C=CC[C@@]1(CC)CCC(=O)N1. The zero-order valence-electron chi connectivity index (χ0n) is 7.02. The van der Waals surface area contributed by atoms with Crippen molar-refractivity contribution < 1.29 is 4.79 Å². The Hall–Kier alpha value is -0.790. The number of hydrogen-bond acceptors (Lipinski definition) is 1. The number of rotatable bonds is 3. The molecule has 1 heterocycles. The first-order valence-electron chi connectivity index (χ1n) is 4.14. The normalized spacial score (nSPS) is 30.1. The minimum Gasteiger partial charge on any atom is -0.350 e. The van der Waals surface area contributed by atoms with Gasteiger partial charge in [0.05, 0.1) is 0 Å². The summed E-state index contributed by atoms with van der Waals surface area (Å²) in [4.78, 5) is 10.9. The van der Waals surface area contributed by atoms with Gasteiger partial charge in [-0.2, -0.15) is 0 Å². The van der Waals surface area contributed by atoms with Gasteiger partial charge in [-0.3, -0.25) is 4.79 Å². The molecule has 1 atom stereocenters. The van der Waals surface area contributed by atoms with Crippen LogP contribution >= 0.6 is 0 Å². The molecule has 62 valence electrons. The standard InChI is InChI=1S/C9H15NO/c1-3-6-9(4-2)7-5-8(11)10-9/h3H,1,4-7H2,2H3,(H,10,11)/t9-/m0/s1. The van der Waals surface area contributed by atoms with Crippen molar-refractivity contribution in [1.29, 1.82) is 0 Å². The Labute approximate surface area is 67.7 Å². The lowest BCUT2D eigenvalue weighted by Gasteiger charge is -2.25. The van der Waals surface area contributed by atoms with E-state index in [4.69, 9.17) is 0 Å². The summed E-state index contributed by atoms with van der Waals surface area (Å²) in [5, 5.41) is 3.01. The van der Waals surface area contributed by atoms with Crippen molar-refractivity contribution >= 4 is 5.91 Å². The van der Waals surface area contributed by atoms with Crippen molar-refractivity contribution in [3.05, 3.63) is 12.7 Å². The first kappa shape index (κ1) is 8.31. The quantitative estimate of drug-likeness (QED) is 0.613. The molecule has 1 aliphatic heterocycles. The highest BCUT2D eigenvalue weighted by Crippen LogP contribution is 2.27. The maximum Gasteiger partial charge on any atom is 0.220 e. The highest BCUT2D eigenvalue weighted by molar-refractivity contribution is 5.79. The van der Waals surface area contributed by atoms with E-state index in [1.807, 2.05) is 6.08 Å². The molecule has 1 fully saturated rings. The van der Waals surface area contributed by atoms with Crippen LogP contribution in [0.25, 0.3) is 0 Å². The third-order valence-corrected chi connectivity index (χ3v) is 2.45.